The summed E-state index contributed by atoms with van der Waals surface area (Å²) in [6.45, 7) is 0.985. The summed E-state index contributed by atoms with van der Waals surface area (Å²) in [5, 5.41) is 11.7. The first kappa shape index (κ1) is 25.1. The predicted molar refractivity (Wildman–Crippen MR) is 127 cm³/mol. The van der Waals surface area contributed by atoms with Crippen molar-refractivity contribution in [2.75, 3.05) is 0 Å². The largest absolute Gasteiger partial charge is 0.460 e. The highest BCUT2D eigenvalue weighted by atomic mass is 35.5. The lowest BCUT2D eigenvalue weighted by molar-refractivity contribution is -0.179. The molecule has 3 aromatic rings. The Hall–Kier alpha value is -3.48. The van der Waals surface area contributed by atoms with Gasteiger partial charge >= 0.3 is 11.9 Å². The van der Waals surface area contributed by atoms with Crippen molar-refractivity contribution in [3.63, 3.8) is 0 Å². The van der Waals surface area contributed by atoms with Crippen LogP contribution in [0.3, 0.4) is 0 Å². The maximum Gasteiger partial charge on any atom is 0.340 e. The molecule has 0 bridgehead atoms. The van der Waals surface area contributed by atoms with Crippen molar-refractivity contribution in [3.05, 3.63) is 107 Å². The SMILES string of the molecule is CC(=O)C[C@](O)(C(=O)OCc1ccccc1)[C@H](C(=O)OCc1ccccc1)c1ccccc1Cl. The third-order valence-electron chi connectivity index (χ3n) is 5.24. The van der Waals surface area contributed by atoms with Crippen molar-refractivity contribution in [2.24, 2.45) is 0 Å². The average Bonchev–Trinajstić information content (AvgIpc) is 2.83. The second-order valence-electron chi connectivity index (χ2n) is 7.91. The molecular weight excluding hydrogens is 456 g/mol. The molecule has 176 valence electrons. The summed E-state index contributed by atoms with van der Waals surface area (Å²) < 4.78 is 10.8. The Kier molecular flexibility index (Phi) is 8.57. The van der Waals surface area contributed by atoms with Gasteiger partial charge < -0.3 is 14.6 Å². The molecule has 2 atom stereocenters. The Bertz CT molecular complexity index is 1130. The van der Waals surface area contributed by atoms with Crippen LogP contribution in [0, 0.1) is 0 Å². The van der Waals surface area contributed by atoms with Crippen LogP contribution in [0.1, 0.15) is 36.0 Å². The van der Waals surface area contributed by atoms with Crippen LogP contribution in [-0.4, -0.2) is 28.4 Å². The van der Waals surface area contributed by atoms with Crippen LogP contribution in [0.15, 0.2) is 84.9 Å². The van der Waals surface area contributed by atoms with Crippen molar-refractivity contribution in [3.8, 4) is 0 Å². The molecule has 3 aromatic carbocycles. The quantitative estimate of drug-likeness (QED) is 0.426. The summed E-state index contributed by atoms with van der Waals surface area (Å²) >= 11 is 6.34. The lowest BCUT2D eigenvalue weighted by Crippen LogP contribution is -2.50. The van der Waals surface area contributed by atoms with E-state index in [4.69, 9.17) is 21.1 Å². The molecule has 3 rings (SSSR count). The number of hydrogen-bond donors (Lipinski definition) is 1. The van der Waals surface area contributed by atoms with Gasteiger partial charge in [0.2, 0.25) is 0 Å². The van der Waals surface area contributed by atoms with Gasteiger partial charge in [0.1, 0.15) is 24.9 Å². The topological polar surface area (TPSA) is 89.9 Å². The predicted octanol–water partition coefficient (Wildman–Crippen LogP) is 4.62. The maximum absolute atomic E-state index is 13.3. The van der Waals surface area contributed by atoms with E-state index in [2.05, 4.69) is 0 Å². The van der Waals surface area contributed by atoms with Gasteiger partial charge in [0.15, 0.2) is 5.60 Å². The van der Waals surface area contributed by atoms with E-state index in [-0.39, 0.29) is 23.8 Å². The summed E-state index contributed by atoms with van der Waals surface area (Å²) in [6, 6.07) is 24.1. The molecular formula is C27H25ClO6. The summed E-state index contributed by atoms with van der Waals surface area (Å²) in [5.41, 5.74) is -0.973. The van der Waals surface area contributed by atoms with Crippen LogP contribution in [0.5, 0.6) is 0 Å². The fourth-order valence-corrected chi connectivity index (χ4v) is 3.86. The van der Waals surface area contributed by atoms with Gasteiger partial charge in [-0.25, -0.2) is 4.79 Å². The monoisotopic (exact) mass is 480 g/mol. The molecule has 6 nitrogen and oxygen atoms in total. The molecule has 1 N–H and O–H groups in total. The van der Waals surface area contributed by atoms with E-state index in [1.165, 1.54) is 19.1 Å². The molecule has 0 fully saturated rings. The number of ether oxygens (including phenoxy) is 2. The molecule has 0 radical (unpaired) electrons. The minimum atomic E-state index is -2.53. The summed E-state index contributed by atoms with van der Waals surface area (Å²) in [5.74, 6) is -4.12. The Morgan fingerprint density at radius 1 is 0.824 bits per heavy atom. The van der Waals surface area contributed by atoms with Gasteiger partial charge in [-0.1, -0.05) is 90.5 Å². The van der Waals surface area contributed by atoms with Crippen molar-refractivity contribution < 1.29 is 29.0 Å². The first-order chi connectivity index (χ1) is 16.3. The minimum absolute atomic E-state index is 0.0875. The Morgan fingerprint density at radius 3 is 1.85 bits per heavy atom. The van der Waals surface area contributed by atoms with Crippen LogP contribution in [-0.2, 0) is 37.1 Å². The molecule has 0 spiro atoms. The number of carbonyl (C=O) groups excluding carboxylic acids is 3. The molecule has 0 unspecified atom stereocenters. The zero-order valence-electron chi connectivity index (χ0n) is 18.6. The average molecular weight is 481 g/mol. The fraction of sp³-hybridized carbons (Fsp3) is 0.222. The number of carbonyl (C=O) groups is 3. The maximum atomic E-state index is 13.3. The highest BCUT2D eigenvalue weighted by Crippen LogP contribution is 2.38. The molecule has 7 heteroatoms. The summed E-state index contributed by atoms with van der Waals surface area (Å²) in [6.07, 6.45) is -0.656. The number of halogens is 1. The summed E-state index contributed by atoms with van der Waals surface area (Å²) in [7, 11) is 0. The second kappa shape index (κ2) is 11.6. The normalized spacial score (nSPS) is 13.4. The molecule has 34 heavy (non-hydrogen) atoms. The molecule has 0 heterocycles. The van der Waals surface area contributed by atoms with E-state index in [1.807, 2.05) is 12.1 Å². The Labute approximate surface area is 203 Å². The van der Waals surface area contributed by atoms with Crippen molar-refractivity contribution >= 4 is 29.3 Å². The van der Waals surface area contributed by atoms with Crippen LogP contribution < -0.4 is 0 Å². The van der Waals surface area contributed by atoms with E-state index in [0.29, 0.717) is 5.56 Å². The van der Waals surface area contributed by atoms with E-state index in [1.54, 1.807) is 60.7 Å². The highest BCUT2D eigenvalue weighted by molar-refractivity contribution is 6.31. The van der Waals surface area contributed by atoms with E-state index >= 15 is 0 Å². The third kappa shape index (κ3) is 6.31. The minimum Gasteiger partial charge on any atom is -0.460 e. The van der Waals surface area contributed by atoms with Gasteiger partial charge in [-0.15, -0.1) is 0 Å². The van der Waals surface area contributed by atoms with Crippen LogP contribution in [0.2, 0.25) is 5.02 Å². The number of hydrogen-bond acceptors (Lipinski definition) is 6. The van der Waals surface area contributed by atoms with E-state index < -0.39 is 35.7 Å². The highest BCUT2D eigenvalue weighted by Gasteiger charge is 2.52. The zero-order chi connectivity index (χ0) is 24.6. The molecule has 0 aliphatic carbocycles. The second-order valence-corrected chi connectivity index (χ2v) is 8.32. The lowest BCUT2D eigenvalue weighted by Gasteiger charge is -2.32. The molecule has 0 aliphatic heterocycles. The Morgan fingerprint density at radius 2 is 1.32 bits per heavy atom. The van der Waals surface area contributed by atoms with Crippen LogP contribution in [0.4, 0.5) is 0 Å². The molecule has 0 aliphatic rings. The number of benzene rings is 3. The van der Waals surface area contributed by atoms with Crippen molar-refractivity contribution in [1.29, 1.82) is 0 Å². The zero-order valence-corrected chi connectivity index (χ0v) is 19.4. The molecule has 0 amide bonds. The van der Waals surface area contributed by atoms with Gasteiger partial charge in [0, 0.05) is 11.4 Å². The van der Waals surface area contributed by atoms with Crippen LogP contribution >= 0.6 is 11.6 Å². The first-order valence-corrected chi connectivity index (χ1v) is 11.1. The van der Waals surface area contributed by atoms with Gasteiger partial charge in [-0.3, -0.25) is 9.59 Å². The van der Waals surface area contributed by atoms with Gasteiger partial charge in [0.05, 0.1) is 0 Å². The fourth-order valence-electron chi connectivity index (χ4n) is 3.62. The van der Waals surface area contributed by atoms with Crippen molar-refractivity contribution in [2.45, 2.75) is 38.1 Å². The van der Waals surface area contributed by atoms with Crippen LogP contribution in [0.25, 0.3) is 0 Å². The molecule has 0 aromatic heterocycles. The van der Waals surface area contributed by atoms with Crippen molar-refractivity contribution in [1.82, 2.24) is 0 Å². The van der Waals surface area contributed by atoms with E-state index in [9.17, 15) is 19.5 Å². The lowest BCUT2D eigenvalue weighted by atomic mass is 9.78. The van der Waals surface area contributed by atoms with Gasteiger partial charge in [-0.05, 0) is 29.7 Å². The standard InChI is InChI=1S/C27H25ClO6/c1-19(29)16-27(32,26(31)34-18-21-12-6-3-7-13-21)24(22-14-8-9-15-23(22)28)25(30)33-17-20-10-4-2-5-11-20/h2-15,24,32H,16-18H2,1H3/t24-,27+/m0/s1. The number of ketones is 1. The number of aliphatic hydroxyl groups is 1. The van der Waals surface area contributed by atoms with Gasteiger partial charge in [0.25, 0.3) is 0 Å². The summed E-state index contributed by atoms with van der Waals surface area (Å²) in [4.78, 5) is 38.6. The molecule has 0 saturated carbocycles. The number of rotatable bonds is 10. The number of Topliss-reactive ketones (excluding diaryl/α,β-unsaturated/α-hetero) is 1. The van der Waals surface area contributed by atoms with E-state index in [0.717, 1.165) is 5.56 Å². The van der Waals surface area contributed by atoms with Gasteiger partial charge in [-0.2, -0.15) is 0 Å². The molecule has 0 saturated heterocycles. The Balaban J connectivity index is 1.95. The number of esters is 2. The smallest absolute Gasteiger partial charge is 0.340 e. The third-order valence-corrected chi connectivity index (χ3v) is 5.58. The first-order valence-electron chi connectivity index (χ1n) is 10.7.